The Kier molecular flexibility index (Phi) is 5.10. The highest BCUT2D eigenvalue weighted by molar-refractivity contribution is 5.95. The summed E-state index contributed by atoms with van der Waals surface area (Å²) in [4.78, 5) is 29.9. The predicted octanol–water partition coefficient (Wildman–Crippen LogP) is 1.85. The molecular formula is C17H22N4O3. The molecule has 0 radical (unpaired) electrons. The van der Waals surface area contributed by atoms with Gasteiger partial charge >= 0.3 is 6.03 Å². The second kappa shape index (κ2) is 7.44. The standard InChI is InChI=1S/C17H22N4O3/c1-2-18-17(23)20-15(22)11-21-9-5-6-12(10-21)16-19-13-7-3-4-8-14(13)24-16/h3-4,7-8,12H,2,5-6,9-11H2,1H3,(H2,18,20,22,23). The molecule has 24 heavy (non-hydrogen) atoms. The molecule has 1 atom stereocenters. The number of nitrogens with zero attached hydrogens (tertiary/aromatic N) is 2. The van der Waals surface area contributed by atoms with Crippen LogP contribution in [0.3, 0.4) is 0 Å². The zero-order valence-corrected chi connectivity index (χ0v) is 13.7. The van der Waals surface area contributed by atoms with Crippen molar-refractivity contribution in [2.24, 2.45) is 0 Å². The first-order valence-corrected chi connectivity index (χ1v) is 8.31. The van der Waals surface area contributed by atoms with Gasteiger partial charge in [0.05, 0.1) is 6.54 Å². The van der Waals surface area contributed by atoms with Crippen LogP contribution in [0, 0.1) is 0 Å². The van der Waals surface area contributed by atoms with E-state index in [1.807, 2.05) is 29.2 Å². The van der Waals surface area contributed by atoms with Crippen molar-refractivity contribution in [1.82, 2.24) is 20.5 Å². The minimum Gasteiger partial charge on any atom is -0.440 e. The highest BCUT2D eigenvalue weighted by Crippen LogP contribution is 2.28. The summed E-state index contributed by atoms with van der Waals surface area (Å²) in [5.41, 5.74) is 1.65. The summed E-state index contributed by atoms with van der Waals surface area (Å²) in [5.74, 6) is 0.604. The molecule has 7 nitrogen and oxygen atoms in total. The van der Waals surface area contributed by atoms with Crippen molar-refractivity contribution in [2.75, 3.05) is 26.2 Å². The first-order valence-electron chi connectivity index (χ1n) is 8.31. The van der Waals surface area contributed by atoms with Gasteiger partial charge in [-0.05, 0) is 38.4 Å². The average molecular weight is 330 g/mol. The van der Waals surface area contributed by atoms with Crippen LogP contribution in [0.25, 0.3) is 11.1 Å². The van der Waals surface area contributed by atoms with Crippen molar-refractivity contribution in [3.05, 3.63) is 30.2 Å². The maximum atomic E-state index is 11.9. The number of hydrogen-bond donors (Lipinski definition) is 2. The Hall–Kier alpha value is -2.41. The maximum absolute atomic E-state index is 11.9. The minimum atomic E-state index is -0.449. The van der Waals surface area contributed by atoms with Gasteiger partial charge in [0.1, 0.15) is 5.52 Å². The van der Waals surface area contributed by atoms with Gasteiger partial charge in [0.25, 0.3) is 0 Å². The fraction of sp³-hybridized carbons (Fsp3) is 0.471. The summed E-state index contributed by atoms with van der Waals surface area (Å²) in [6.45, 7) is 4.03. The van der Waals surface area contributed by atoms with E-state index in [0.717, 1.165) is 36.4 Å². The Bertz CT molecular complexity index is 694. The van der Waals surface area contributed by atoms with E-state index in [0.29, 0.717) is 13.1 Å². The van der Waals surface area contributed by atoms with Gasteiger partial charge < -0.3 is 9.73 Å². The van der Waals surface area contributed by atoms with Crippen LogP contribution >= 0.6 is 0 Å². The second-order valence-corrected chi connectivity index (χ2v) is 6.00. The van der Waals surface area contributed by atoms with Gasteiger partial charge in [0.15, 0.2) is 11.5 Å². The van der Waals surface area contributed by atoms with Gasteiger partial charge in [-0.1, -0.05) is 12.1 Å². The Morgan fingerprint density at radius 1 is 1.38 bits per heavy atom. The molecule has 1 aromatic heterocycles. The van der Waals surface area contributed by atoms with Gasteiger partial charge in [-0.25, -0.2) is 9.78 Å². The van der Waals surface area contributed by atoms with Gasteiger partial charge in [0.2, 0.25) is 5.91 Å². The number of carbonyl (C=O) groups excluding carboxylic acids is 2. The molecule has 0 spiro atoms. The number of imide groups is 1. The first-order chi connectivity index (χ1) is 11.7. The third-order valence-electron chi connectivity index (χ3n) is 4.12. The number of urea groups is 1. The summed E-state index contributed by atoms with van der Waals surface area (Å²) in [7, 11) is 0. The highest BCUT2D eigenvalue weighted by Gasteiger charge is 2.26. The monoisotopic (exact) mass is 330 g/mol. The molecule has 0 bridgehead atoms. The number of para-hydroxylation sites is 2. The average Bonchev–Trinajstić information content (AvgIpc) is 2.99. The molecule has 128 valence electrons. The van der Waals surface area contributed by atoms with Gasteiger partial charge in [-0.2, -0.15) is 0 Å². The Balaban J connectivity index is 1.59. The van der Waals surface area contributed by atoms with E-state index in [1.165, 1.54) is 0 Å². The fourth-order valence-electron chi connectivity index (χ4n) is 3.04. The van der Waals surface area contributed by atoms with Crippen molar-refractivity contribution in [3.63, 3.8) is 0 Å². The number of fused-ring (bicyclic) bond motifs is 1. The number of likely N-dealkylation sites (tertiary alicyclic amines) is 1. The van der Waals surface area contributed by atoms with E-state index in [9.17, 15) is 9.59 Å². The van der Waals surface area contributed by atoms with Crippen molar-refractivity contribution >= 4 is 23.0 Å². The van der Waals surface area contributed by atoms with E-state index in [2.05, 4.69) is 15.6 Å². The lowest BCUT2D eigenvalue weighted by Crippen LogP contribution is -2.46. The molecular weight excluding hydrogens is 308 g/mol. The van der Waals surface area contributed by atoms with E-state index < -0.39 is 6.03 Å². The quantitative estimate of drug-likeness (QED) is 0.893. The number of carbonyl (C=O) groups is 2. The van der Waals surface area contributed by atoms with E-state index in [-0.39, 0.29) is 18.4 Å². The number of oxazole rings is 1. The normalized spacial score (nSPS) is 18.5. The molecule has 2 aromatic rings. The van der Waals surface area contributed by atoms with Crippen molar-refractivity contribution in [3.8, 4) is 0 Å². The zero-order chi connectivity index (χ0) is 16.9. The first kappa shape index (κ1) is 16.4. The number of nitrogens with one attached hydrogen (secondary N) is 2. The molecule has 1 fully saturated rings. The lowest BCUT2D eigenvalue weighted by atomic mass is 9.98. The van der Waals surface area contributed by atoms with Crippen LogP contribution < -0.4 is 10.6 Å². The second-order valence-electron chi connectivity index (χ2n) is 6.00. The SMILES string of the molecule is CCNC(=O)NC(=O)CN1CCCC(c2nc3ccccc3o2)C1. The molecule has 3 amide bonds. The highest BCUT2D eigenvalue weighted by atomic mass is 16.3. The molecule has 1 unspecified atom stereocenters. The Morgan fingerprint density at radius 3 is 3.00 bits per heavy atom. The summed E-state index contributed by atoms with van der Waals surface area (Å²) in [6, 6.07) is 7.26. The molecule has 1 aliphatic rings. The molecule has 2 N–H and O–H groups in total. The van der Waals surface area contributed by atoms with E-state index in [4.69, 9.17) is 4.42 Å². The molecule has 0 saturated carbocycles. The molecule has 1 saturated heterocycles. The van der Waals surface area contributed by atoms with Crippen LogP contribution in [-0.2, 0) is 4.79 Å². The zero-order valence-electron chi connectivity index (χ0n) is 13.7. The third kappa shape index (κ3) is 3.91. The van der Waals surface area contributed by atoms with Crippen LogP contribution in [0.2, 0.25) is 0 Å². The van der Waals surface area contributed by atoms with Crippen LogP contribution in [0.5, 0.6) is 0 Å². The topological polar surface area (TPSA) is 87.5 Å². The number of hydrogen-bond acceptors (Lipinski definition) is 5. The molecule has 3 rings (SSSR count). The van der Waals surface area contributed by atoms with Gasteiger partial charge in [-0.3, -0.25) is 15.0 Å². The summed E-state index contributed by atoms with van der Waals surface area (Å²) in [5, 5.41) is 4.88. The minimum absolute atomic E-state index is 0.170. The number of piperidine rings is 1. The number of aromatic nitrogens is 1. The Morgan fingerprint density at radius 2 is 2.21 bits per heavy atom. The molecule has 2 heterocycles. The Labute approximate surface area is 140 Å². The lowest BCUT2D eigenvalue weighted by molar-refractivity contribution is -0.121. The molecule has 1 aliphatic heterocycles. The van der Waals surface area contributed by atoms with Crippen molar-refractivity contribution in [2.45, 2.75) is 25.7 Å². The lowest BCUT2D eigenvalue weighted by Gasteiger charge is -2.30. The van der Waals surface area contributed by atoms with Crippen LogP contribution in [0.15, 0.2) is 28.7 Å². The maximum Gasteiger partial charge on any atom is 0.321 e. The molecule has 0 aliphatic carbocycles. The van der Waals surface area contributed by atoms with Crippen LogP contribution in [0.1, 0.15) is 31.6 Å². The van der Waals surface area contributed by atoms with Crippen molar-refractivity contribution < 1.29 is 14.0 Å². The molecule has 7 heteroatoms. The number of benzene rings is 1. The fourth-order valence-corrected chi connectivity index (χ4v) is 3.04. The summed E-state index contributed by atoms with van der Waals surface area (Å²) >= 11 is 0. The summed E-state index contributed by atoms with van der Waals surface area (Å²) < 4.78 is 5.85. The smallest absolute Gasteiger partial charge is 0.321 e. The van der Waals surface area contributed by atoms with E-state index >= 15 is 0 Å². The largest absolute Gasteiger partial charge is 0.440 e. The van der Waals surface area contributed by atoms with Crippen molar-refractivity contribution in [1.29, 1.82) is 0 Å². The van der Waals surface area contributed by atoms with Gasteiger partial charge in [-0.15, -0.1) is 0 Å². The predicted molar refractivity (Wildman–Crippen MR) is 89.6 cm³/mol. The van der Waals surface area contributed by atoms with Crippen LogP contribution in [-0.4, -0.2) is 48.0 Å². The summed E-state index contributed by atoms with van der Waals surface area (Å²) in [6.07, 6.45) is 1.96. The van der Waals surface area contributed by atoms with Gasteiger partial charge in [0, 0.05) is 19.0 Å². The number of amides is 3. The molecule has 1 aromatic carbocycles. The third-order valence-corrected chi connectivity index (χ3v) is 4.12. The van der Waals surface area contributed by atoms with Crippen LogP contribution in [0.4, 0.5) is 4.79 Å². The number of rotatable bonds is 4. The van der Waals surface area contributed by atoms with E-state index in [1.54, 1.807) is 6.92 Å².